The zero-order valence-corrected chi connectivity index (χ0v) is 5.21. The Kier molecular flexibility index (Phi) is 1.89. The molecule has 9 heavy (non-hydrogen) atoms. The zero-order chi connectivity index (χ0) is 6.69. The van der Waals surface area contributed by atoms with Crippen LogP contribution < -0.4 is 11.1 Å². The maximum atomic E-state index is 10.5. The third kappa shape index (κ3) is 1.57. The highest BCUT2D eigenvalue weighted by molar-refractivity contribution is 5.72. The van der Waals surface area contributed by atoms with E-state index in [0.29, 0.717) is 13.1 Å². The van der Waals surface area contributed by atoms with E-state index in [0.717, 1.165) is 13.1 Å². The van der Waals surface area contributed by atoms with Gasteiger partial charge in [-0.2, -0.15) is 0 Å². The molecule has 1 aliphatic heterocycles. The number of amides is 2. The maximum Gasteiger partial charge on any atom is 0.314 e. The van der Waals surface area contributed by atoms with E-state index in [-0.39, 0.29) is 6.03 Å². The average molecular weight is 128 g/mol. The van der Waals surface area contributed by atoms with Crippen LogP contribution in [-0.4, -0.2) is 37.1 Å². The van der Waals surface area contributed by atoms with E-state index in [1.807, 2.05) is 0 Å². The van der Waals surface area contributed by atoms with Gasteiger partial charge in [0.2, 0.25) is 0 Å². The summed E-state index contributed by atoms with van der Waals surface area (Å²) in [7, 11) is 0. The molecule has 0 aromatic rings. The lowest BCUT2D eigenvalue weighted by Gasteiger charge is -2.24. The Hall–Kier alpha value is -0.770. The third-order valence-corrected chi connectivity index (χ3v) is 1.37. The lowest BCUT2D eigenvalue weighted by atomic mass is 10.4. The van der Waals surface area contributed by atoms with Gasteiger partial charge < -0.3 is 10.6 Å². The summed E-state index contributed by atoms with van der Waals surface area (Å²) >= 11 is 0. The van der Waals surface area contributed by atoms with E-state index in [4.69, 9.17) is 5.73 Å². The van der Waals surface area contributed by atoms with E-state index < -0.39 is 0 Å². The molecule has 0 aliphatic carbocycles. The zero-order valence-electron chi connectivity index (χ0n) is 5.21. The standard InChI is InChI=1S/C5H10N3O/c6-5(9)8-3-1-7-2-4-8/h1-4H2,(H2,6,9). The molecule has 1 heterocycles. The van der Waals surface area contributed by atoms with Crippen LogP contribution in [0.25, 0.3) is 0 Å². The van der Waals surface area contributed by atoms with E-state index in [9.17, 15) is 4.79 Å². The van der Waals surface area contributed by atoms with Gasteiger partial charge in [0.15, 0.2) is 0 Å². The number of hydrogen-bond donors (Lipinski definition) is 1. The van der Waals surface area contributed by atoms with Crippen LogP contribution in [-0.2, 0) is 0 Å². The second-order valence-electron chi connectivity index (χ2n) is 2.00. The summed E-state index contributed by atoms with van der Waals surface area (Å²) in [5.41, 5.74) is 5.01. The summed E-state index contributed by atoms with van der Waals surface area (Å²) in [6, 6.07) is -0.329. The van der Waals surface area contributed by atoms with Crippen molar-refractivity contribution in [2.24, 2.45) is 5.73 Å². The van der Waals surface area contributed by atoms with Crippen LogP contribution in [0.15, 0.2) is 0 Å². The molecule has 1 fully saturated rings. The van der Waals surface area contributed by atoms with Crippen molar-refractivity contribution in [2.45, 2.75) is 0 Å². The molecule has 0 spiro atoms. The Morgan fingerprint density at radius 2 is 2.00 bits per heavy atom. The second-order valence-corrected chi connectivity index (χ2v) is 2.00. The van der Waals surface area contributed by atoms with Crippen LogP contribution in [0.2, 0.25) is 0 Å². The van der Waals surface area contributed by atoms with Crippen LogP contribution in [0, 0.1) is 0 Å². The fraction of sp³-hybridized carbons (Fsp3) is 0.800. The predicted molar refractivity (Wildman–Crippen MR) is 33.0 cm³/mol. The van der Waals surface area contributed by atoms with Crippen molar-refractivity contribution < 1.29 is 4.79 Å². The van der Waals surface area contributed by atoms with Crippen molar-refractivity contribution >= 4 is 6.03 Å². The molecular formula is C5H10N3O. The van der Waals surface area contributed by atoms with Gasteiger partial charge in [-0.15, -0.1) is 0 Å². The van der Waals surface area contributed by atoms with Gasteiger partial charge in [-0.25, -0.2) is 10.1 Å². The summed E-state index contributed by atoms with van der Waals surface area (Å²) < 4.78 is 0. The van der Waals surface area contributed by atoms with Crippen molar-refractivity contribution in [3.05, 3.63) is 0 Å². The molecule has 2 N–H and O–H groups in total. The van der Waals surface area contributed by atoms with Gasteiger partial charge in [-0.05, 0) is 0 Å². The maximum absolute atomic E-state index is 10.5. The molecule has 1 aliphatic rings. The van der Waals surface area contributed by atoms with Crippen molar-refractivity contribution in [3.8, 4) is 0 Å². The van der Waals surface area contributed by atoms with Gasteiger partial charge in [0, 0.05) is 26.2 Å². The van der Waals surface area contributed by atoms with Gasteiger partial charge in [-0.1, -0.05) is 0 Å². The highest BCUT2D eigenvalue weighted by atomic mass is 16.2. The van der Waals surface area contributed by atoms with Gasteiger partial charge >= 0.3 is 6.03 Å². The highest BCUT2D eigenvalue weighted by Crippen LogP contribution is 1.90. The van der Waals surface area contributed by atoms with Crippen LogP contribution in [0.4, 0.5) is 4.79 Å². The molecule has 0 saturated carbocycles. The summed E-state index contributed by atoms with van der Waals surface area (Å²) in [4.78, 5) is 12.1. The molecule has 0 atom stereocenters. The van der Waals surface area contributed by atoms with Crippen LogP contribution >= 0.6 is 0 Å². The molecular weight excluding hydrogens is 118 g/mol. The van der Waals surface area contributed by atoms with Crippen molar-refractivity contribution in [1.82, 2.24) is 10.2 Å². The van der Waals surface area contributed by atoms with Gasteiger partial charge in [0.1, 0.15) is 0 Å². The number of primary amides is 1. The van der Waals surface area contributed by atoms with E-state index in [1.54, 1.807) is 4.90 Å². The number of urea groups is 1. The van der Waals surface area contributed by atoms with Crippen LogP contribution in [0.1, 0.15) is 0 Å². The molecule has 0 aromatic heterocycles. The van der Waals surface area contributed by atoms with Gasteiger partial charge in [0.25, 0.3) is 0 Å². The van der Waals surface area contributed by atoms with Gasteiger partial charge in [0.05, 0.1) is 0 Å². The molecule has 2 amide bonds. The lowest BCUT2D eigenvalue weighted by Crippen LogP contribution is -2.46. The molecule has 1 rings (SSSR count). The van der Waals surface area contributed by atoms with Crippen molar-refractivity contribution in [2.75, 3.05) is 26.2 Å². The van der Waals surface area contributed by atoms with Crippen molar-refractivity contribution in [3.63, 3.8) is 0 Å². The molecule has 1 saturated heterocycles. The Bertz CT molecular complexity index is 109. The SMILES string of the molecule is NC(=O)N1CC[N]CC1. The average Bonchev–Trinajstić information content (AvgIpc) is 1.90. The minimum atomic E-state index is -0.329. The predicted octanol–water partition coefficient (Wildman–Crippen LogP) is -1.01. The Morgan fingerprint density at radius 3 is 2.33 bits per heavy atom. The minimum Gasteiger partial charge on any atom is -0.351 e. The summed E-state index contributed by atoms with van der Waals surface area (Å²) in [5, 5.41) is 4.06. The molecule has 0 unspecified atom stereocenters. The van der Waals surface area contributed by atoms with Gasteiger partial charge in [-0.3, -0.25) is 0 Å². The fourth-order valence-corrected chi connectivity index (χ4v) is 0.827. The van der Waals surface area contributed by atoms with Crippen LogP contribution in [0.3, 0.4) is 0 Å². The Morgan fingerprint density at radius 1 is 1.44 bits per heavy atom. The third-order valence-electron chi connectivity index (χ3n) is 1.37. The highest BCUT2D eigenvalue weighted by Gasteiger charge is 2.12. The normalized spacial score (nSPS) is 19.8. The summed E-state index contributed by atoms with van der Waals surface area (Å²) in [5.74, 6) is 0. The van der Waals surface area contributed by atoms with E-state index >= 15 is 0 Å². The summed E-state index contributed by atoms with van der Waals surface area (Å²) in [6.07, 6.45) is 0. The van der Waals surface area contributed by atoms with Crippen molar-refractivity contribution in [1.29, 1.82) is 0 Å². The van der Waals surface area contributed by atoms with E-state index in [1.165, 1.54) is 0 Å². The first-order valence-corrected chi connectivity index (χ1v) is 2.98. The second kappa shape index (κ2) is 2.68. The smallest absolute Gasteiger partial charge is 0.314 e. The number of nitrogens with zero attached hydrogens (tertiary/aromatic N) is 2. The van der Waals surface area contributed by atoms with Crippen LogP contribution in [0.5, 0.6) is 0 Å². The quantitative estimate of drug-likeness (QED) is 0.446. The first-order valence-electron chi connectivity index (χ1n) is 2.98. The monoisotopic (exact) mass is 128 g/mol. The molecule has 4 heteroatoms. The first-order chi connectivity index (χ1) is 4.30. The fourth-order valence-electron chi connectivity index (χ4n) is 0.827. The number of nitrogens with two attached hydrogens (primary N) is 1. The first kappa shape index (κ1) is 6.35. The molecule has 0 bridgehead atoms. The molecule has 4 nitrogen and oxygen atoms in total. The number of hydrogen-bond acceptors (Lipinski definition) is 1. The number of carbonyl (C=O) groups is 1. The largest absolute Gasteiger partial charge is 0.351 e. The Balaban J connectivity index is 2.31. The topological polar surface area (TPSA) is 60.4 Å². The number of piperazine rings is 1. The molecule has 1 radical (unpaired) electrons. The molecule has 0 aromatic carbocycles. The number of rotatable bonds is 0. The number of carbonyl (C=O) groups excluding carboxylic acids is 1. The minimum absolute atomic E-state index is 0.329. The lowest BCUT2D eigenvalue weighted by molar-refractivity contribution is 0.199. The molecule has 51 valence electrons. The summed E-state index contributed by atoms with van der Waals surface area (Å²) in [6.45, 7) is 2.86. The Labute approximate surface area is 54.0 Å². The van der Waals surface area contributed by atoms with E-state index in [2.05, 4.69) is 5.32 Å².